The Kier molecular flexibility index (Phi) is 6.37. The maximum atomic E-state index is 11.8. The summed E-state index contributed by atoms with van der Waals surface area (Å²) in [6.45, 7) is 4.65. The Morgan fingerprint density at radius 1 is 1.27 bits per heavy atom. The predicted molar refractivity (Wildman–Crippen MR) is 93.6 cm³/mol. The molecule has 0 spiro atoms. The number of carbonyl (C=O) groups excluding carboxylic acids is 1. The fraction of sp³-hybridized carbons (Fsp3) is 0.278. The van der Waals surface area contributed by atoms with Gasteiger partial charge in [0.15, 0.2) is 0 Å². The van der Waals surface area contributed by atoms with Crippen molar-refractivity contribution in [2.24, 2.45) is 0 Å². The fourth-order valence-corrected chi connectivity index (χ4v) is 2.67. The van der Waals surface area contributed by atoms with Gasteiger partial charge in [-0.1, -0.05) is 37.3 Å². The number of hydrogen-bond donors (Lipinski definition) is 1. The van der Waals surface area contributed by atoms with Crippen LogP contribution in [0.25, 0.3) is 6.08 Å². The molecule has 1 heterocycles. The van der Waals surface area contributed by atoms with Crippen LogP contribution in [0.1, 0.15) is 22.9 Å². The van der Waals surface area contributed by atoms with E-state index >= 15 is 0 Å². The highest BCUT2D eigenvalue weighted by atomic mass is 32.1. The van der Waals surface area contributed by atoms with Crippen molar-refractivity contribution in [1.29, 1.82) is 0 Å². The number of nitrogens with one attached hydrogen (secondary N) is 1. The monoisotopic (exact) mass is 314 g/mol. The van der Waals surface area contributed by atoms with Gasteiger partial charge in [-0.3, -0.25) is 4.79 Å². The van der Waals surface area contributed by atoms with Crippen molar-refractivity contribution in [3.63, 3.8) is 0 Å². The van der Waals surface area contributed by atoms with Crippen LogP contribution in [-0.4, -0.2) is 24.4 Å². The van der Waals surface area contributed by atoms with Crippen molar-refractivity contribution in [3.05, 3.63) is 63.9 Å². The summed E-state index contributed by atoms with van der Waals surface area (Å²) in [5, 5.41) is 4.92. The molecule has 0 aliphatic heterocycles. The zero-order chi connectivity index (χ0) is 15.8. The summed E-state index contributed by atoms with van der Waals surface area (Å²) in [6, 6.07) is 12.3. The first-order chi connectivity index (χ1) is 10.7. The summed E-state index contributed by atoms with van der Waals surface area (Å²) < 4.78 is 0. The molecule has 0 saturated carbocycles. The molecule has 0 bridgehead atoms. The quantitative estimate of drug-likeness (QED) is 0.793. The molecule has 1 aromatic carbocycles. The standard InChI is InChI=1S/C18H22N2OS/c1-3-20(2)14-16-7-4-6-15(12-16)13-19-18(21)10-9-17-8-5-11-22-17/h4-12H,3,13-14H2,1-2H3,(H,19,21)/b10-9+. The van der Waals surface area contributed by atoms with Crippen LogP contribution >= 0.6 is 11.3 Å². The molecule has 0 aliphatic carbocycles. The van der Waals surface area contributed by atoms with E-state index in [1.165, 1.54) is 5.56 Å². The summed E-state index contributed by atoms with van der Waals surface area (Å²) in [4.78, 5) is 15.2. The highest BCUT2D eigenvalue weighted by Gasteiger charge is 2.01. The van der Waals surface area contributed by atoms with Crippen LogP contribution < -0.4 is 5.32 Å². The molecule has 22 heavy (non-hydrogen) atoms. The van der Waals surface area contributed by atoms with Crippen LogP contribution in [0.2, 0.25) is 0 Å². The minimum Gasteiger partial charge on any atom is -0.348 e. The third-order valence-electron chi connectivity index (χ3n) is 3.39. The normalized spacial score (nSPS) is 11.2. The number of benzene rings is 1. The minimum absolute atomic E-state index is 0.0653. The molecular formula is C18H22N2OS. The van der Waals surface area contributed by atoms with E-state index in [0.29, 0.717) is 6.54 Å². The van der Waals surface area contributed by atoms with Crippen molar-refractivity contribution in [3.8, 4) is 0 Å². The van der Waals surface area contributed by atoms with Crippen LogP contribution in [0.5, 0.6) is 0 Å². The van der Waals surface area contributed by atoms with Gasteiger partial charge in [0, 0.05) is 24.0 Å². The first-order valence-electron chi connectivity index (χ1n) is 7.43. The van der Waals surface area contributed by atoms with E-state index in [9.17, 15) is 4.79 Å². The lowest BCUT2D eigenvalue weighted by molar-refractivity contribution is -0.116. The molecule has 116 valence electrons. The molecule has 0 radical (unpaired) electrons. The van der Waals surface area contributed by atoms with E-state index in [1.54, 1.807) is 17.4 Å². The summed E-state index contributed by atoms with van der Waals surface area (Å²) >= 11 is 1.62. The zero-order valence-corrected chi connectivity index (χ0v) is 13.9. The molecule has 0 atom stereocenters. The number of carbonyl (C=O) groups is 1. The molecule has 0 unspecified atom stereocenters. The predicted octanol–water partition coefficient (Wildman–Crippen LogP) is 3.53. The zero-order valence-electron chi connectivity index (χ0n) is 13.1. The van der Waals surface area contributed by atoms with Crippen molar-refractivity contribution in [2.45, 2.75) is 20.0 Å². The first-order valence-corrected chi connectivity index (χ1v) is 8.31. The van der Waals surface area contributed by atoms with Gasteiger partial charge < -0.3 is 10.2 Å². The molecule has 2 aromatic rings. The Bertz CT molecular complexity index is 620. The molecule has 2 rings (SSSR count). The van der Waals surface area contributed by atoms with Crippen LogP contribution in [0.4, 0.5) is 0 Å². The van der Waals surface area contributed by atoms with Crippen molar-refractivity contribution in [2.75, 3.05) is 13.6 Å². The second kappa shape index (κ2) is 8.51. The Morgan fingerprint density at radius 3 is 2.82 bits per heavy atom. The third kappa shape index (κ3) is 5.47. The van der Waals surface area contributed by atoms with Crippen LogP contribution in [0.3, 0.4) is 0 Å². The number of hydrogen-bond acceptors (Lipinski definition) is 3. The molecule has 0 saturated heterocycles. The summed E-state index contributed by atoms with van der Waals surface area (Å²) in [5.74, 6) is -0.0653. The number of rotatable bonds is 7. The van der Waals surface area contributed by atoms with Crippen molar-refractivity contribution < 1.29 is 4.79 Å². The number of amides is 1. The van der Waals surface area contributed by atoms with Gasteiger partial charge in [-0.05, 0) is 42.2 Å². The van der Waals surface area contributed by atoms with Crippen molar-refractivity contribution >= 4 is 23.3 Å². The number of nitrogens with zero attached hydrogens (tertiary/aromatic N) is 1. The fourth-order valence-electron chi connectivity index (χ4n) is 2.05. The number of thiophene rings is 1. The van der Waals surface area contributed by atoms with E-state index in [0.717, 1.165) is 23.5 Å². The summed E-state index contributed by atoms with van der Waals surface area (Å²) in [6.07, 6.45) is 3.42. The van der Waals surface area contributed by atoms with Gasteiger partial charge in [0.2, 0.25) is 5.91 Å². The second-order valence-electron chi connectivity index (χ2n) is 5.22. The lowest BCUT2D eigenvalue weighted by atomic mass is 10.1. The van der Waals surface area contributed by atoms with E-state index in [2.05, 4.69) is 36.3 Å². The Balaban J connectivity index is 1.85. The molecule has 0 fully saturated rings. The van der Waals surface area contributed by atoms with Crippen molar-refractivity contribution in [1.82, 2.24) is 10.2 Å². The topological polar surface area (TPSA) is 32.3 Å². The smallest absolute Gasteiger partial charge is 0.244 e. The van der Waals surface area contributed by atoms with Crippen LogP contribution in [-0.2, 0) is 17.9 Å². The minimum atomic E-state index is -0.0653. The van der Waals surface area contributed by atoms with Gasteiger partial charge in [-0.2, -0.15) is 0 Å². The SMILES string of the molecule is CCN(C)Cc1cccc(CNC(=O)/C=C/c2cccs2)c1. The van der Waals surface area contributed by atoms with E-state index in [4.69, 9.17) is 0 Å². The highest BCUT2D eigenvalue weighted by Crippen LogP contribution is 2.10. The average Bonchev–Trinajstić information content (AvgIpc) is 3.04. The second-order valence-corrected chi connectivity index (χ2v) is 6.20. The van der Waals surface area contributed by atoms with Crippen LogP contribution in [0.15, 0.2) is 47.9 Å². The van der Waals surface area contributed by atoms with Gasteiger partial charge in [0.25, 0.3) is 0 Å². The van der Waals surface area contributed by atoms with Crippen LogP contribution in [0, 0.1) is 0 Å². The summed E-state index contributed by atoms with van der Waals surface area (Å²) in [7, 11) is 2.10. The average molecular weight is 314 g/mol. The van der Waals surface area contributed by atoms with Gasteiger partial charge in [0.1, 0.15) is 0 Å². The van der Waals surface area contributed by atoms with E-state index < -0.39 is 0 Å². The Hall–Kier alpha value is -1.91. The summed E-state index contributed by atoms with van der Waals surface area (Å²) in [5.41, 5.74) is 2.39. The highest BCUT2D eigenvalue weighted by molar-refractivity contribution is 7.10. The molecule has 0 aliphatic rings. The largest absolute Gasteiger partial charge is 0.348 e. The van der Waals surface area contributed by atoms with E-state index in [1.807, 2.05) is 35.7 Å². The third-order valence-corrected chi connectivity index (χ3v) is 4.23. The molecule has 1 amide bonds. The van der Waals surface area contributed by atoms with Gasteiger partial charge in [-0.25, -0.2) is 0 Å². The van der Waals surface area contributed by atoms with Gasteiger partial charge >= 0.3 is 0 Å². The Morgan fingerprint density at radius 2 is 2.09 bits per heavy atom. The van der Waals surface area contributed by atoms with Gasteiger partial charge in [-0.15, -0.1) is 11.3 Å². The maximum absolute atomic E-state index is 11.8. The first kappa shape index (κ1) is 16.5. The molecule has 4 heteroatoms. The lowest BCUT2D eigenvalue weighted by Crippen LogP contribution is -2.20. The Labute approximate surface area is 136 Å². The van der Waals surface area contributed by atoms with E-state index in [-0.39, 0.29) is 5.91 Å². The maximum Gasteiger partial charge on any atom is 0.244 e. The molecule has 1 aromatic heterocycles. The molecular weight excluding hydrogens is 292 g/mol. The molecule has 3 nitrogen and oxygen atoms in total. The van der Waals surface area contributed by atoms with Gasteiger partial charge in [0.05, 0.1) is 0 Å². The lowest BCUT2D eigenvalue weighted by Gasteiger charge is -2.14. The molecule has 1 N–H and O–H groups in total.